The largest absolute Gasteiger partial charge is 0.327 e. The van der Waals surface area contributed by atoms with E-state index in [9.17, 15) is 0 Å². The highest BCUT2D eigenvalue weighted by Crippen LogP contribution is 2.29. The zero-order chi connectivity index (χ0) is 13.7. The van der Waals surface area contributed by atoms with Gasteiger partial charge in [-0.2, -0.15) is 11.8 Å². The van der Waals surface area contributed by atoms with Crippen molar-refractivity contribution in [2.45, 2.75) is 37.5 Å². The molecule has 2 nitrogen and oxygen atoms in total. The molecule has 1 aromatic rings. The van der Waals surface area contributed by atoms with Crippen molar-refractivity contribution >= 4 is 11.8 Å². The lowest BCUT2D eigenvalue weighted by molar-refractivity contribution is 0.241. The van der Waals surface area contributed by atoms with E-state index in [0.717, 1.165) is 25.9 Å². The Morgan fingerprint density at radius 2 is 2.05 bits per heavy atom. The first-order valence-corrected chi connectivity index (χ1v) is 8.19. The summed E-state index contributed by atoms with van der Waals surface area (Å²) in [6.45, 7) is 8.05. The molecule has 0 aromatic heterocycles. The van der Waals surface area contributed by atoms with E-state index < -0.39 is 0 Å². The fourth-order valence-corrected chi connectivity index (χ4v) is 3.87. The minimum Gasteiger partial charge on any atom is -0.327 e. The van der Waals surface area contributed by atoms with Crippen LogP contribution >= 0.6 is 11.8 Å². The molecule has 1 aliphatic heterocycles. The van der Waals surface area contributed by atoms with E-state index in [2.05, 4.69) is 60.8 Å². The summed E-state index contributed by atoms with van der Waals surface area (Å²) in [7, 11) is 0. The van der Waals surface area contributed by atoms with Crippen LogP contribution in [0.25, 0.3) is 0 Å². The molecule has 1 unspecified atom stereocenters. The van der Waals surface area contributed by atoms with E-state index in [-0.39, 0.29) is 0 Å². The van der Waals surface area contributed by atoms with Crippen LogP contribution in [0.5, 0.6) is 0 Å². The van der Waals surface area contributed by atoms with Crippen LogP contribution in [0.4, 0.5) is 0 Å². The van der Waals surface area contributed by atoms with Gasteiger partial charge < -0.3 is 5.73 Å². The summed E-state index contributed by atoms with van der Waals surface area (Å²) >= 11 is 2.08. The molecule has 0 bridgehead atoms. The first-order valence-electron chi connectivity index (χ1n) is 7.21. The average Bonchev–Trinajstić information content (AvgIpc) is 2.36. The predicted molar refractivity (Wildman–Crippen MR) is 85.7 cm³/mol. The van der Waals surface area contributed by atoms with Crippen LogP contribution in [-0.4, -0.2) is 41.1 Å². The van der Waals surface area contributed by atoms with Crippen LogP contribution in [0.1, 0.15) is 25.8 Å². The van der Waals surface area contributed by atoms with Crippen molar-refractivity contribution in [3.63, 3.8) is 0 Å². The molecule has 0 radical (unpaired) electrons. The van der Waals surface area contributed by atoms with E-state index >= 15 is 0 Å². The van der Waals surface area contributed by atoms with Gasteiger partial charge in [-0.15, -0.1) is 0 Å². The average molecular weight is 278 g/mol. The van der Waals surface area contributed by atoms with E-state index in [1.807, 2.05) is 0 Å². The van der Waals surface area contributed by atoms with Gasteiger partial charge >= 0.3 is 0 Å². The Balaban J connectivity index is 1.73. The molecule has 1 aliphatic rings. The fraction of sp³-hybridized carbons (Fsp3) is 0.625. The summed E-state index contributed by atoms with van der Waals surface area (Å²) in [5.74, 6) is 1.23. The van der Waals surface area contributed by atoms with Crippen LogP contribution in [0, 0.1) is 0 Å². The van der Waals surface area contributed by atoms with E-state index in [1.54, 1.807) is 0 Å². The highest BCUT2D eigenvalue weighted by molar-refractivity contribution is 8.00. The Morgan fingerprint density at radius 1 is 1.32 bits per heavy atom. The summed E-state index contributed by atoms with van der Waals surface area (Å²) in [5, 5.41) is 0. The normalized spacial score (nSPS) is 21.2. The number of aryl methyl sites for hydroxylation is 1. The number of hydrogen-bond donors (Lipinski definition) is 1. The smallest absolute Gasteiger partial charge is 0.0231 e. The molecule has 2 rings (SSSR count). The zero-order valence-electron chi connectivity index (χ0n) is 12.1. The number of thioether (sulfide) groups is 1. The second kappa shape index (κ2) is 6.78. The second-order valence-corrected chi connectivity index (χ2v) is 7.93. The van der Waals surface area contributed by atoms with Gasteiger partial charge in [0.2, 0.25) is 0 Å². The number of hydrogen-bond acceptors (Lipinski definition) is 3. The molecule has 2 N–H and O–H groups in total. The lowest BCUT2D eigenvalue weighted by Crippen LogP contribution is -2.47. The molecule has 1 atom stereocenters. The second-order valence-electron chi connectivity index (χ2n) is 6.13. The molecule has 0 amide bonds. The summed E-state index contributed by atoms with van der Waals surface area (Å²) in [6, 6.07) is 10.9. The third-order valence-corrected chi connectivity index (χ3v) is 4.94. The summed E-state index contributed by atoms with van der Waals surface area (Å²) < 4.78 is 0.386. The van der Waals surface area contributed by atoms with Gasteiger partial charge in [-0.05, 0) is 32.3 Å². The molecule has 1 saturated heterocycles. The van der Waals surface area contributed by atoms with Crippen LogP contribution in [-0.2, 0) is 6.42 Å². The number of nitrogens with two attached hydrogens (primary N) is 1. The lowest BCUT2D eigenvalue weighted by atomic mass is 10.0. The quantitative estimate of drug-likeness (QED) is 0.898. The SMILES string of the molecule is CC1(C)CN(CC(N)CCc2ccccc2)CCS1. The van der Waals surface area contributed by atoms with Gasteiger partial charge in [-0.25, -0.2) is 0 Å². The Hall–Kier alpha value is -0.510. The van der Waals surface area contributed by atoms with Crippen molar-refractivity contribution in [3.8, 4) is 0 Å². The molecule has 1 aromatic carbocycles. The minimum absolute atomic E-state index is 0.291. The maximum atomic E-state index is 6.29. The van der Waals surface area contributed by atoms with Crippen LogP contribution in [0.15, 0.2) is 30.3 Å². The van der Waals surface area contributed by atoms with Crippen molar-refractivity contribution in [3.05, 3.63) is 35.9 Å². The highest BCUT2D eigenvalue weighted by Gasteiger charge is 2.27. The van der Waals surface area contributed by atoms with Crippen LogP contribution in [0.3, 0.4) is 0 Å². The van der Waals surface area contributed by atoms with Crippen molar-refractivity contribution < 1.29 is 0 Å². The van der Waals surface area contributed by atoms with E-state index in [1.165, 1.54) is 17.9 Å². The third kappa shape index (κ3) is 5.17. The fourth-order valence-electron chi connectivity index (χ4n) is 2.69. The van der Waals surface area contributed by atoms with Gasteiger partial charge in [0.1, 0.15) is 0 Å². The molecule has 106 valence electrons. The summed E-state index contributed by atoms with van der Waals surface area (Å²) in [5.41, 5.74) is 7.69. The van der Waals surface area contributed by atoms with E-state index in [0.29, 0.717) is 10.8 Å². The third-order valence-electron chi connectivity index (χ3n) is 3.64. The monoisotopic (exact) mass is 278 g/mol. The molecule has 3 heteroatoms. The molecule has 0 spiro atoms. The topological polar surface area (TPSA) is 29.3 Å². The lowest BCUT2D eigenvalue weighted by Gasteiger charge is -2.38. The molecule has 19 heavy (non-hydrogen) atoms. The van der Waals surface area contributed by atoms with Gasteiger partial charge in [0.05, 0.1) is 0 Å². The van der Waals surface area contributed by atoms with Crippen molar-refractivity contribution in [2.24, 2.45) is 5.73 Å². The van der Waals surface area contributed by atoms with Gasteiger partial charge in [0.15, 0.2) is 0 Å². The highest BCUT2D eigenvalue weighted by atomic mass is 32.2. The maximum absolute atomic E-state index is 6.29. The maximum Gasteiger partial charge on any atom is 0.0231 e. The first-order chi connectivity index (χ1) is 9.05. The molecule has 1 heterocycles. The Morgan fingerprint density at radius 3 is 2.74 bits per heavy atom. The Bertz CT molecular complexity index is 378. The summed E-state index contributed by atoms with van der Waals surface area (Å²) in [4.78, 5) is 2.53. The molecule has 0 saturated carbocycles. The number of nitrogens with zero attached hydrogens (tertiary/aromatic N) is 1. The molecule has 1 fully saturated rings. The minimum atomic E-state index is 0.291. The number of rotatable bonds is 5. The van der Waals surface area contributed by atoms with Crippen molar-refractivity contribution in [1.82, 2.24) is 4.90 Å². The molecular formula is C16H26N2S. The van der Waals surface area contributed by atoms with Gasteiger partial charge in [0, 0.05) is 36.2 Å². The van der Waals surface area contributed by atoms with Crippen molar-refractivity contribution in [2.75, 3.05) is 25.4 Å². The van der Waals surface area contributed by atoms with Crippen LogP contribution in [0.2, 0.25) is 0 Å². The number of benzene rings is 1. The van der Waals surface area contributed by atoms with Crippen LogP contribution < -0.4 is 5.73 Å². The Kier molecular flexibility index (Phi) is 5.31. The summed E-state index contributed by atoms with van der Waals surface area (Å²) in [6.07, 6.45) is 2.17. The molecular weight excluding hydrogens is 252 g/mol. The first kappa shape index (κ1) is 14.9. The molecule has 0 aliphatic carbocycles. The van der Waals surface area contributed by atoms with Gasteiger partial charge in [-0.3, -0.25) is 4.90 Å². The van der Waals surface area contributed by atoms with Crippen molar-refractivity contribution in [1.29, 1.82) is 0 Å². The van der Waals surface area contributed by atoms with Gasteiger partial charge in [0.25, 0.3) is 0 Å². The van der Waals surface area contributed by atoms with Gasteiger partial charge in [-0.1, -0.05) is 30.3 Å². The standard InChI is InChI=1S/C16H26N2S/c1-16(2)13-18(10-11-19-16)12-15(17)9-8-14-6-4-3-5-7-14/h3-7,15H,8-13,17H2,1-2H3. The zero-order valence-corrected chi connectivity index (χ0v) is 13.0. The Labute approximate surface area is 121 Å². The van der Waals surface area contributed by atoms with E-state index in [4.69, 9.17) is 5.73 Å². The predicted octanol–water partition coefficient (Wildman–Crippen LogP) is 2.77.